The van der Waals surface area contributed by atoms with Crippen LogP contribution < -0.4 is 11.3 Å². The first-order valence-electron chi connectivity index (χ1n) is 7.09. The molecule has 0 aliphatic carbocycles. The van der Waals surface area contributed by atoms with Crippen LogP contribution in [0.2, 0.25) is 0 Å². The van der Waals surface area contributed by atoms with E-state index in [1.807, 2.05) is 37.3 Å². The number of hydrogen-bond donors (Lipinski definition) is 1. The Kier molecular flexibility index (Phi) is 4.02. The molecule has 0 aliphatic rings. The van der Waals surface area contributed by atoms with E-state index < -0.39 is 0 Å². The third-order valence-electron chi connectivity index (χ3n) is 3.23. The Morgan fingerprint density at radius 2 is 1.95 bits per heavy atom. The highest BCUT2D eigenvalue weighted by Crippen LogP contribution is 2.36. The fraction of sp³-hybridized carbons (Fsp3) is 0.188. The van der Waals surface area contributed by atoms with E-state index in [0.29, 0.717) is 11.7 Å². The maximum atomic E-state index is 11.8. The van der Waals surface area contributed by atoms with Gasteiger partial charge >= 0.3 is 0 Å². The Balaban J connectivity index is 2.13. The number of rotatable bonds is 4. The molecule has 1 aromatic carbocycles. The maximum Gasteiger partial charge on any atom is 0.266 e. The number of nitrogen functional groups attached to an aromatic ring is 1. The third kappa shape index (κ3) is 2.78. The summed E-state index contributed by atoms with van der Waals surface area (Å²) in [5.41, 5.74) is 8.31. The van der Waals surface area contributed by atoms with Crippen LogP contribution in [0.5, 0.6) is 0 Å². The quantitative estimate of drug-likeness (QED) is 0.803. The van der Waals surface area contributed by atoms with Crippen molar-refractivity contribution in [2.45, 2.75) is 19.9 Å². The van der Waals surface area contributed by atoms with Crippen molar-refractivity contribution in [1.29, 1.82) is 0 Å². The molecule has 0 fully saturated rings. The second kappa shape index (κ2) is 6.11. The molecule has 3 rings (SSSR count). The minimum atomic E-state index is -0.0932. The van der Waals surface area contributed by atoms with Gasteiger partial charge in [-0.15, -0.1) is 0 Å². The van der Waals surface area contributed by atoms with Gasteiger partial charge in [0, 0.05) is 18.2 Å². The van der Waals surface area contributed by atoms with Crippen LogP contribution in [0.25, 0.3) is 21.8 Å². The van der Waals surface area contributed by atoms with E-state index in [2.05, 4.69) is 10.1 Å². The molecule has 3 aromatic rings. The lowest BCUT2D eigenvalue weighted by Crippen LogP contribution is -2.21. The Morgan fingerprint density at radius 1 is 1.18 bits per heavy atom. The van der Waals surface area contributed by atoms with E-state index in [-0.39, 0.29) is 5.56 Å². The summed E-state index contributed by atoms with van der Waals surface area (Å²) in [5.74, 6) is 0. The van der Waals surface area contributed by atoms with Crippen molar-refractivity contribution in [3.63, 3.8) is 0 Å². The number of thiazole rings is 1. The molecule has 0 saturated carbocycles. The summed E-state index contributed by atoms with van der Waals surface area (Å²) in [6, 6.07) is 13.1. The first-order chi connectivity index (χ1) is 10.7. The molecule has 0 atom stereocenters. The highest BCUT2D eigenvalue weighted by molar-refractivity contribution is 7.19. The van der Waals surface area contributed by atoms with Gasteiger partial charge in [-0.3, -0.25) is 4.79 Å². The van der Waals surface area contributed by atoms with E-state index in [1.54, 1.807) is 12.1 Å². The van der Waals surface area contributed by atoms with Gasteiger partial charge in [-0.2, -0.15) is 5.10 Å². The average Bonchev–Trinajstić information content (AvgIpc) is 2.92. The van der Waals surface area contributed by atoms with Crippen molar-refractivity contribution in [3.05, 3.63) is 52.8 Å². The fourth-order valence-corrected chi connectivity index (χ4v) is 3.06. The summed E-state index contributed by atoms with van der Waals surface area (Å²) in [7, 11) is 0. The van der Waals surface area contributed by atoms with Gasteiger partial charge in [-0.1, -0.05) is 48.6 Å². The van der Waals surface area contributed by atoms with Gasteiger partial charge in [-0.05, 0) is 12.5 Å². The Hall–Kier alpha value is -2.47. The molecule has 0 amide bonds. The van der Waals surface area contributed by atoms with Crippen LogP contribution in [0.1, 0.15) is 13.3 Å². The molecule has 0 bridgehead atoms. The van der Waals surface area contributed by atoms with E-state index in [0.717, 1.165) is 28.2 Å². The van der Waals surface area contributed by atoms with Gasteiger partial charge in [0.25, 0.3) is 5.56 Å². The van der Waals surface area contributed by atoms with Crippen LogP contribution in [-0.4, -0.2) is 14.8 Å². The smallest absolute Gasteiger partial charge is 0.266 e. The highest BCUT2D eigenvalue weighted by atomic mass is 32.1. The monoisotopic (exact) mass is 312 g/mol. The zero-order valence-corrected chi connectivity index (χ0v) is 13.0. The van der Waals surface area contributed by atoms with Crippen molar-refractivity contribution < 1.29 is 0 Å². The van der Waals surface area contributed by atoms with Crippen molar-refractivity contribution in [3.8, 4) is 21.8 Å². The van der Waals surface area contributed by atoms with Crippen molar-refractivity contribution in [1.82, 2.24) is 14.8 Å². The van der Waals surface area contributed by atoms with E-state index >= 15 is 0 Å². The first kappa shape index (κ1) is 14.5. The Morgan fingerprint density at radius 3 is 2.68 bits per heavy atom. The Bertz CT molecular complexity index is 839. The summed E-state index contributed by atoms with van der Waals surface area (Å²) in [5, 5.41) is 4.94. The molecule has 6 heteroatoms. The number of aromatic nitrogens is 3. The van der Waals surface area contributed by atoms with Crippen LogP contribution in [0.4, 0.5) is 5.13 Å². The van der Waals surface area contributed by atoms with Crippen LogP contribution >= 0.6 is 11.3 Å². The first-order valence-corrected chi connectivity index (χ1v) is 7.91. The second-order valence-corrected chi connectivity index (χ2v) is 5.91. The van der Waals surface area contributed by atoms with Crippen LogP contribution in [0.15, 0.2) is 47.3 Å². The second-order valence-electron chi connectivity index (χ2n) is 4.88. The molecule has 0 aliphatic heterocycles. The lowest BCUT2D eigenvalue weighted by Gasteiger charge is -2.06. The number of aryl methyl sites for hydroxylation is 1. The van der Waals surface area contributed by atoms with Crippen LogP contribution in [0, 0.1) is 0 Å². The summed E-state index contributed by atoms with van der Waals surface area (Å²) in [4.78, 5) is 17.1. The number of anilines is 1. The minimum absolute atomic E-state index is 0.0932. The zero-order valence-electron chi connectivity index (χ0n) is 12.2. The van der Waals surface area contributed by atoms with E-state index in [4.69, 9.17) is 5.73 Å². The molecule has 5 nitrogen and oxygen atoms in total. The van der Waals surface area contributed by atoms with Gasteiger partial charge in [0.15, 0.2) is 5.13 Å². The lowest BCUT2D eigenvalue weighted by molar-refractivity contribution is 0.571. The topological polar surface area (TPSA) is 73.8 Å². The standard InChI is InChI=1S/C16H16N4OS/c1-2-10-20-13(21)9-8-12(19-20)15-14(18-16(17)22-15)11-6-4-3-5-7-11/h3-9H,2,10H2,1H3,(H2,17,18). The number of nitrogens with two attached hydrogens (primary N) is 1. The van der Waals surface area contributed by atoms with Gasteiger partial charge in [-0.25, -0.2) is 9.67 Å². The molecule has 0 saturated heterocycles. The summed E-state index contributed by atoms with van der Waals surface area (Å²) < 4.78 is 1.49. The molecule has 0 radical (unpaired) electrons. The summed E-state index contributed by atoms with van der Waals surface area (Å²) in [6.07, 6.45) is 0.854. The minimum Gasteiger partial charge on any atom is -0.375 e. The molecular formula is C16H16N4OS. The number of hydrogen-bond acceptors (Lipinski definition) is 5. The largest absolute Gasteiger partial charge is 0.375 e. The molecule has 112 valence electrons. The van der Waals surface area contributed by atoms with Gasteiger partial charge in [0.1, 0.15) is 5.69 Å². The third-order valence-corrected chi connectivity index (χ3v) is 4.13. The predicted octanol–water partition coefficient (Wildman–Crippen LogP) is 3.03. The maximum absolute atomic E-state index is 11.8. The molecule has 2 N–H and O–H groups in total. The van der Waals surface area contributed by atoms with Gasteiger partial charge in [0.05, 0.1) is 10.6 Å². The number of nitrogens with zero attached hydrogens (tertiary/aromatic N) is 3. The van der Waals surface area contributed by atoms with Crippen molar-refractivity contribution >= 4 is 16.5 Å². The zero-order chi connectivity index (χ0) is 15.5. The molecule has 0 spiro atoms. The summed E-state index contributed by atoms with van der Waals surface area (Å²) >= 11 is 1.38. The highest BCUT2D eigenvalue weighted by Gasteiger charge is 2.15. The van der Waals surface area contributed by atoms with Crippen LogP contribution in [-0.2, 0) is 6.54 Å². The van der Waals surface area contributed by atoms with E-state index in [1.165, 1.54) is 16.0 Å². The van der Waals surface area contributed by atoms with Gasteiger partial charge in [0.2, 0.25) is 0 Å². The molecular weight excluding hydrogens is 296 g/mol. The van der Waals surface area contributed by atoms with Crippen molar-refractivity contribution in [2.75, 3.05) is 5.73 Å². The number of benzene rings is 1. The van der Waals surface area contributed by atoms with Crippen molar-refractivity contribution in [2.24, 2.45) is 0 Å². The lowest BCUT2D eigenvalue weighted by atomic mass is 10.1. The normalized spacial score (nSPS) is 10.8. The Labute approximate surface area is 132 Å². The molecule has 22 heavy (non-hydrogen) atoms. The molecule has 2 heterocycles. The van der Waals surface area contributed by atoms with Crippen LogP contribution in [0.3, 0.4) is 0 Å². The molecule has 0 unspecified atom stereocenters. The fourth-order valence-electron chi connectivity index (χ4n) is 2.24. The predicted molar refractivity (Wildman–Crippen MR) is 89.7 cm³/mol. The van der Waals surface area contributed by atoms with Gasteiger partial charge < -0.3 is 5.73 Å². The van der Waals surface area contributed by atoms with E-state index in [9.17, 15) is 4.79 Å². The SMILES string of the molecule is CCCn1nc(-c2sc(N)nc2-c2ccccc2)ccc1=O. The molecule has 2 aromatic heterocycles. The summed E-state index contributed by atoms with van der Waals surface area (Å²) in [6.45, 7) is 2.61. The average molecular weight is 312 g/mol.